The first-order chi connectivity index (χ1) is 11.5. The topological polar surface area (TPSA) is 81.2 Å². The molecule has 0 aliphatic carbocycles. The van der Waals surface area contributed by atoms with E-state index in [1.165, 1.54) is 12.6 Å². The van der Waals surface area contributed by atoms with Gasteiger partial charge in [-0.3, -0.25) is 0 Å². The Kier molecular flexibility index (Phi) is 4.61. The van der Waals surface area contributed by atoms with Crippen LogP contribution in [-0.2, 0) is 9.84 Å². The van der Waals surface area contributed by atoms with Gasteiger partial charge in [-0.15, -0.1) is 0 Å². The number of rotatable bonds is 6. The maximum atomic E-state index is 11.7. The highest BCUT2D eigenvalue weighted by Crippen LogP contribution is 2.22. The molecular weight excluding hydrogens is 326 g/mol. The molecule has 0 saturated heterocycles. The lowest BCUT2D eigenvalue weighted by molar-refractivity contribution is 0.333. The zero-order chi connectivity index (χ0) is 17.0. The Bertz CT molecular complexity index is 944. The lowest BCUT2D eigenvalue weighted by atomic mass is 10.2. The van der Waals surface area contributed by atoms with Crippen molar-refractivity contribution >= 4 is 26.6 Å². The smallest absolute Gasteiger partial charge is 0.175 e. The van der Waals surface area contributed by atoms with Gasteiger partial charge in [0.15, 0.2) is 9.84 Å². The predicted octanol–water partition coefficient (Wildman–Crippen LogP) is 2.52. The Hall–Kier alpha value is -2.67. The van der Waals surface area contributed by atoms with Gasteiger partial charge in [0.2, 0.25) is 0 Å². The van der Waals surface area contributed by atoms with Crippen molar-refractivity contribution in [1.82, 2.24) is 9.97 Å². The van der Waals surface area contributed by atoms with E-state index in [0.29, 0.717) is 29.9 Å². The first-order valence-electron chi connectivity index (χ1n) is 7.40. The minimum absolute atomic E-state index is 0.244. The third-order valence-corrected chi connectivity index (χ3v) is 4.55. The molecule has 24 heavy (non-hydrogen) atoms. The number of hydrogen-bond acceptors (Lipinski definition) is 6. The van der Waals surface area contributed by atoms with Crippen LogP contribution in [-0.4, -0.2) is 37.8 Å². The van der Waals surface area contributed by atoms with Crippen LogP contribution in [0.25, 0.3) is 10.9 Å². The van der Waals surface area contributed by atoms with Crippen molar-refractivity contribution in [3.05, 3.63) is 54.9 Å². The molecule has 3 aromatic rings. The molecule has 0 atom stereocenters. The summed E-state index contributed by atoms with van der Waals surface area (Å²) in [4.78, 5) is 8.61. The van der Waals surface area contributed by atoms with Crippen molar-refractivity contribution in [2.75, 3.05) is 24.7 Å². The summed E-state index contributed by atoms with van der Waals surface area (Å²) in [5.41, 5.74) is 0.684. The van der Waals surface area contributed by atoms with E-state index in [1.807, 2.05) is 30.3 Å². The Labute approximate surface area is 140 Å². The lowest BCUT2D eigenvalue weighted by Crippen LogP contribution is -2.12. The van der Waals surface area contributed by atoms with Crippen molar-refractivity contribution in [1.29, 1.82) is 0 Å². The monoisotopic (exact) mass is 343 g/mol. The Morgan fingerprint density at radius 1 is 1.08 bits per heavy atom. The number of fused-ring (bicyclic) bond motifs is 1. The van der Waals surface area contributed by atoms with Crippen molar-refractivity contribution in [2.45, 2.75) is 4.90 Å². The number of aromatic nitrogens is 2. The van der Waals surface area contributed by atoms with Crippen LogP contribution in [0.2, 0.25) is 0 Å². The molecule has 0 spiro atoms. The fourth-order valence-corrected chi connectivity index (χ4v) is 2.91. The fraction of sp³-hybridized carbons (Fsp3) is 0.176. The molecule has 1 heterocycles. The minimum Gasteiger partial charge on any atom is -0.492 e. The van der Waals surface area contributed by atoms with Gasteiger partial charge in [0, 0.05) is 11.6 Å². The summed E-state index contributed by atoms with van der Waals surface area (Å²) in [5, 5.41) is 3.83. The zero-order valence-corrected chi connectivity index (χ0v) is 14.0. The molecule has 1 aromatic heterocycles. The summed E-state index contributed by atoms with van der Waals surface area (Å²) in [6.07, 6.45) is 2.63. The number of nitrogens with zero attached hydrogens (tertiary/aromatic N) is 2. The highest BCUT2D eigenvalue weighted by atomic mass is 32.2. The average molecular weight is 343 g/mol. The van der Waals surface area contributed by atoms with E-state index in [1.54, 1.807) is 18.2 Å². The van der Waals surface area contributed by atoms with Gasteiger partial charge in [-0.2, -0.15) is 0 Å². The molecule has 2 aromatic carbocycles. The highest BCUT2D eigenvalue weighted by molar-refractivity contribution is 7.90. The van der Waals surface area contributed by atoms with Crippen LogP contribution in [0.4, 0.5) is 5.82 Å². The molecule has 0 aliphatic rings. The summed E-state index contributed by atoms with van der Waals surface area (Å²) >= 11 is 0. The van der Waals surface area contributed by atoms with Gasteiger partial charge in [0.25, 0.3) is 0 Å². The lowest BCUT2D eigenvalue weighted by Gasteiger charge is -2.10. The quantitative estimate of drug-likeness (QED) is 0.693. The van der Waals surface area contributed by atoms with E-state index in [4.69, 9.17) is 4.74 Å². The Morgan fingerprint density at radius 2 is 1.88 bits per heavy atom. The molecule has 6 nitrogen and oxygen atoms in total. The van der Waals surface area contributed by atoms with Crippen molar-refractivity contribution in [3.63, 3.8) is 0 Å². The molecule has 1 N–H and O–H groups in total. The third-order valence-electron chi connectivity index (χ3n) is 3.44. The molecule has 0 fully saturated rings. The molecule has 7 heteroatoms. The standard InChI is InChI=1S/C17H17N3O3S/c1-24(21,22)14-7-8-16-15(11-14)17(20-12-19-16)18-9-10-23-13-5-3-2-4-6-13/h2-8,11-12H,9-10H2,1H3,(H,18,19,20). The van der Waals surface area contributed by atoms with E-state index in [9.17, 15) is 8.42 Å². The van der Waals surface area contributed by atoms with Gasteiger partial charge >= 0.3 is 0 Å². The molecule has 124 valence electrons. The van der Waals surface area contributed by atoms with Crippen molar-refractivity contribution < 1.29 is 13.2 Å². The average Bonchev–Trinajstić information content (AvgIpc) is 2.58. The zero-order valence-electron chi connectivity index (χ0n) is 13.1. The third kappa shape index (κ3) is 3.80. The van der Waals surface area contributed by atoms with E-state index in [0.717, 1.165) is 5.75 Å². The summed E-state index contributed by atoms with van der Waals surface area (Å²) in [6.45, 7) is 0.991. The summed E-state index contributed by atoms with van der Waals surface area (Å²) in [5.74, 6) is 1.38. The molecule has 0 unspecified atom stereocenters. The molecule has 0 bridgehead atoms. The van der Waals surface area contributed by atoms with Gasteiger partial charge < -0.3 is 10.1 Å². The largest absolute Gasteiger partial charge is 0.492 e. The highest BCUT2D eigenvalue weighted by Gasteiger charge is 2.10. The molecule has 0 radical (unpaired) electrons. The van der Waals surface area contributed by atoms with Crippen LogP contribution in [0.15, 0.2) is 59.8 Å². The van der Waals surface area contributed by atoms with Crippen molar-refractivity contribution in [3.8, 4) is 5.75 Å². The first-order valence-corrected chi connectivity index (χ1v) is 9.30. The number of para-hydroxylation sites is 1. The molecule has 0 saturated carbocycles. The number of nitrogens with one attached hydrogen (secondary N) is 1. The molecular formula is C17H17N3O3S. The fourth-order valence-electron chi connectivity index (χ4n) is 2.26. The predicted molar refractivity (Wildman–Crippen MR) is 93.1 cm³/mol. The second-order valence-corrected chi connectivity index (χ2v) is 7.28. The maximum absolute atomic E-state index is 11.7. The second-order valence-electron chi connectivity index (χ2n) is 5.26. The van der Waals surface area contributed by atoms with Gasteiger partial charge in [0.1, 0.15) is 24.5 Å². The summed E-state index contributed by atoms with van der Waals surface area (Å²) in [7, 11) is -3.28. The van der Waals surface area contributed by atoms with Crippen LogP contribution in [0.5, 0.6) is 5.75 Å². The van der Waals surface area contributed by atoms with Crippen LogP contribution >= 0.6 is 0 Å². The Morgan fingerprint density at radius 3 is 2.62 bits per heavy atom. The Balaban J connectivity index is 1.74. The van der Waals surface area contributed by atoms with E-state index >= 15 is 0 Å². The van der Waals surface area contributed by atoms with Crippen LogP contribution in [0.1, 0.15) is 0 Å². The minimum atomic E-state index is -3.28. The van der Waals surface area contributed by atoms with Crippen molar-refractivity contribution in [2.24, 2.45) is 0 Å². The second kappa shape index (κ2) is 6.84. The SMILES string of the molecule is CS(=O)(=O)c1ccc2ncnc(NCCOc3ccccc3)c2c1. The number of ether oxygens (including phenoxy) is 1. The molecule has 3 rings (SSSR count). The molecule has 0 amide bonds. The summed E-state index contributed by atoms with van der Waals surface area (Å²) < 4.78 is 29.1. The first kappa shape index (κ1) is 16.2. The number of benzene rings is 2. The normalized spacial score (nSPS) is 11.4. The number of hydrogen-bond donors (Lipinski definition) is 1. The molecule has 0 aliphatic heterocycles. The van der Waals surface area contributed by atoms with Crippen LogP contribution in [0.3, 0.4) is 0 Å². The van der Waals surface area contributed by atoms with Crippen LogP contribution < -0.4 is 10.1 Å². The number of sulfone groups is 1. The number of anilines is 1. The van der Waals surface area contributed by atoms with E-state index in [-0.39, 0.29) is 4.90 Å². The maximum Gasteiger partial charge on any atom is 0.175 e. The van der Waals surface area contributed by atoms with Gasteiger partial charge in [-0.25, -0.2) is 18.4 Å². The van der Waals surface area contributed by atoms with E-state index < -0.39 is 9.84 Å². The summed E-state index contributed by atoms with van der Waals surface area (Å²) in [6, 6.07) is 14.3. The van der Waals surface area contributed by atoms with Gasteiger partial charge in [-0.1, -0.05) is 18.2 Å². The van der Waals surface area contributed by atoms with E-state index in [2.05, 4.69) is 15.3 Å². The van der Waals surface area contributed by atoms with Gasteiger partial charge in [-0.05, 0) is 30.3 Å². The van der Waals surface area contributed by atoms with Gasteiger partial charge in [0.05, 0.1) is 17.0 Å². The van der Waals surface area contributed by atoms with Crippen LogP contribution in [0, 0.1) is 0 Å².